The number of aryl methyl sites for hydroxylation is 1. The molecule has 4 rings (SSSR count). The predicted molar refractivity (Wildman–Crippen MR) is 74.7 cm³/mol. The van der Waals surface area contributed by atoms with Gasteiger partial charge in [0.15, 0.2) is 5.65 Å². The molecule has 0 aromatic carbocycles. The van der Waals surface area contributed by atoms with Crippen LogP contribution in [0.5, 0.6) is 0 Å². The average molecular weight is 276 g/mol. The number of hydrogen-bond acceptors (Lipinski definition) is 4. The van der Waals surface area contributed by atoms with Gasteiger partial charge in [-0.05, 0) is 43.0 Å². The Morgan fingerprint density at radius 1 is 1.56 bits per heavy atom. The maximum Gasteiger partial charge on any atom is 0.214 e. The average Bonchev–Trinajstić information content (AvgIpc) is 2.86. The molecule has 3 aromatic heterocycles. The lowest BCUT2D eigenvalue weighted by molar-refractivity contribution is 0.509. The van der Waals surface area contributed by atoms with Gasteiger partial charge in [0.2, 0.25) is 4.77 Å². The Kier molecular flexibility index (Phi) is 2.14. The zero-order valence-corrected chi connectivity index (χ0v) is 11.6. The van der Waals surface area contributed by atoms with E-state index >= 15 is 0 Å². The third kappa shape index (κ3) is 1.39. The highest BCUT2D eigenvalue weighted by Gasteiger charge is 2.22. The van der Waals surface area contributed by atoms with Crippen LogP contribution < -0.4 is 0 Å². The number of fused-ring (bicyclic) bond motifs is 5. The highest BCUT2D eigenvalue weighted by molar-refractivity contribution is 7.71. The maximum atomic E-state index is 5.11. The van der Waals surface area contributed by atoms with E-state index in [1.807, 2.05) is 15.9 Å². The van der Waals surface area contributed by atoms with Crippen LogP contribution in [0.2, 0.25) is 0 Å². The molecule has 4 nitrogen and oxygen atoms in total. The van der Waals surface area contributed by atoms with Crippen LogP contribution in [0.3, 0.4) is 0 Å². The van der Waals surface area contributed by atoms with Gasteiger partial charge in [-0.25, -0.2) is 9.50 Å². The molecular formula is C12H12N4S2. The van der Waals surface area contributed by atoms with Gasteiger partial charge in [-0.15, -0.1) is 11.3 Å². The summed E-state index contributed by atoms with van der Waals surface area (Å²) in [4.78, 5) is 11.5. The molecular weight excluding hydrogens is 264 g/mol. The van der Waals surface area contributed by atoms with E-state index in [9.17, 15) is 0 Å². The van der Waals surface area contributed by atoms with Crippen molar-refractivity contribution in [2.45, 2.75) is 26.2 Å². The number of thiophene rings is 1. The van der Waals surface area contributed by atoms with Crippen LogP contribution >= 0.6 is 23.6 Å². The molecule has 0 fully saturated rings. The van der Waals surface area contributed by atoms with Gasteiger partial charge in [0.1, 0.15) is 11.2 Å². The van der Waals surface area contributed by atoms with Gasteiger partial charge >= 0.3 is 0 Å². The Bertz CT molecular complexity index is 811. The number of aromatic amines is 1. The van der Waals surface area contributed by atoms with E-state index in [4.69, 9.17) is 12.2 Å². The van der Waals surface area contributed by atoms with Crippen molar-refractivity contribution in [3.8, 4) is 0 Å². The van der Waals surface area contributed by atoms with E-state index in [0.717, 1.165) is 22.8 Å². The van der Waals surface area contributed by atoms with Crippen LogP contribution in [0.1, 0.15) is 23.8 Å². The molecule has 0 saturated carbocycles. The minimum absolute atomic E-state index is 0.522. The summed E-state index contributed by atoms with van der Waals surface area (Å²) in [6.45, 7) is 2.32. The Morgan fingerprint density at radius 3 is 3.33 bits per heavy atom. The summed E-state index contributed by atoms with van der Waals surface area (Å²) in [5.41, 5.74) is 2.37. The number of rotatable bonds is 0. The fourth-order valence-corrected chi connectivity index (χ4v) is 4.29. The summed E-state index contributed by atoms with van der Waals surface area (Å²) in [7, 11) is 0. The second kappa shape index (κ2) is 3.61. The van der Waals surface area contributed by atoms with Crippen LogP contribution in [0.4, 0.5) is 0 Å². The zero-order chi connectivity index (χ0) is 12.3. The molecule has 0 spiro atoms. The van der Waals surface area contributed by atoms with Crippen molar-refractivity contribution in [3.05, 3.63) is 21.5 Å². The third-order valence-electron chi connectivity index (χ3n) is 3.66. The van der Waals surface area contributed by atoms with Gasteiger partial charge in [-0.2, -0.15) is 4.98 Å². The summed E-state index contributed by atoms with van der Waals surface area (Å²) < 4.78 is 2.35. The monoisotopic (exact) mass is 276 g/mol. The number of hydrogen-bond donors (Lipinski definition) is 1. The molecule has 0 saturated heterocycles. The van der Waals surface area contributed by atoms with Gasteiger partial charge < -0.3 is 0 Å². The smallest absolute Gasteiger partial charge is 0.214 e. The molecule has 6 heteroatoms. The van der Waals surface area contributed by atoms with Gasteiger partial charge in [0.05, 0.1) is 5.39 Å². The lowest BCUT2D eigenvalue weighted by Crippen LogP contribution is -2.08. The van der Waals surface area contributed by atoms with E-state index in [1.54, 1.807) is 6.33 Å². The molecule has 0 unspecified atom stereocenters. The first-order valence-electron chi connectivity index (χ1n) is 6.10. The van der Waals surface area contributed by atoms with Crippen LogP contribution in [-0.2, 0) is 12.8 Å². The first-order chi connectivity index (χ1) is 8.72. The minimum Gasteiger partial charge on any atom is -0.265 e. The summed E-state index contributed by atoms with van der Waals surface area (Å²) in [5, 5.41) is 4.22. The third-order valence-corrected chi connectivity index (χ3v) is 5.00. The second-order valence-corrected chi connectivity index (χ2v) is 6.47. The van der Waals surface area contributed by atoms with Gasteiger partial charge in [0, 0.05) is 4.88 Å². The highest BCUT2D eigenvalue weighted by Crippen LogP contribution is 2.38. The van der Waals surface area contributed by atoms with E-state index in [0.29, 0.717) is 4.77 Å². The normalized spacial score (nSPS) is 19.5. The molecule has 0 bridgehead atoms. The first-order valence-corrected chi connectivity index (χ1v) is 7.32. The van der Waals surface area contributed by atoms with Gasteiger partial charge in [0.25, 0.3) is 0 Å². The van der Waals surface area contributed by atoms with E-state index in [-0.39, 0.29) is 0 Å². The van der Waals surface area contributed by atoms with E-state index in [2.05, 4.69) is 22.0 Å². The largest absolute Gasteiger partial charge is 0.265 e. The Balaban J connectivity index is 2.14. The molecule has 18 heavy (non-hydrogen) atoms. The van der Waals surface area contributed by atoms with Crippen LogP contribution in [0.25, 0.3) is 15.9 Å². The number of nitrogens with one attached hydrogen (secondary N) is 1. The zero-order valence-electron chi connectivity index (χ0n) is 9.93. The van der Waals surface area contributed by atoms with E-state index in [1.165, 1.54) is 28.7 Å². The summed E-state index contributed by atoms with van der Waals surface area (Å²) in [5.74, 6) is 0.780. The quantitative estimate of drug-likeness (QED) is 0.642. The summed E-state index contributed by atoms with van der Waals surface area (Å²) >= 11 is 6.93. The van der Waals surface area contributed by atoms with E-state index < -0.39 is 0 Å². The van der Waals surface area contributed by atoms with Crippen LogP contribution in [-0.4, -0.2) is 19.6 Å². The molecule has 1 aliphatic rings. The van der Waals surface area contributed by atoms with Crippen molar-refractivity contribution in [2.24, 2.45) is 5.92 Å². The Labute approximate surface area is 113 Å². The standard InChI is InChI=1S/C12H12N4S2/c1-6-2-3-7-8(4-6)18-11-9(7)10-14-12(17)15-16(10)5-13-11/h5-6H,2-4H2,1H3,(H,15,17)/t6-/m1/s1. The second-order valence-electron chi connectivity index (χ2n) is 5.00. The van der Waals surface area contributed by atoms with Crippen molar-refractivity contribution in [2.75, 3.05) is 0 Å². The molecule has 0 amide bonds. The van der Waals surface area contributed by atoms with Crippen molar-refractivity contribution in [1.82, 2.24) is 19.6 Å². The van der Waals surface area contributed by atoms with Crippen LogP contribution in [0, 0.1) is 10.7 Å². The summed E-state index contributed by atoms with van der Waals surface area (Å²) in [6, 6.07) is 0. The van der Waals surface area contributed by atoms with Crippen molar-refractivity contribution in [3.63, 3.8) is 0 Å². The lowest BCUT2D eigenvalue weighted by atomic mass is 9.89. The topological polar surface area (TPSA) is 46.0 Å². The molecule has 92 valence electrons. The van der Waals surface area contributed by atoms with Crippen molar-refractivity contribution < 1.29 is 0 Å². The molecule has 1 aliphatic carbocycles. The SMILES string of the molecule is C[C@@H]1CCc2c(sc3ncn4[nH]c(=S)nc4c23)C1. The molecule has 3 heterocycles. The van der Waals surface area contributed by atoms with Crippen molar-refractivity contribution in [1.29, 1.82) is 0 Å². The Hall–Kier alpha value is -1.27. The van der Waals surface area contributed by atoms with Crippen molar-refractivity contribution >= 4 is 39.4 Å². The van der Waals surface area contributed by atoms with Crippen LogP contribution in [0.15, 0.2) is 6.33 Å². The molecule has 1 atom stereocenters. The molecule has 0 radical (unpaired) electrons. The van der Waals surface area contributed by atoms with Gasteiger partial charge in [-0.3, -0.25) is 5.10 Å². The lowest BCUT2D eigenvalue weighted by Gasteiger charge is -2.17. The van der Waals surface area contributed by atoms with Gasteiger partial charge in [-0.1, -0.05) is 6.92 Å². The minimum atomic E-state index is 0.522. The molecule has 3 aromatic rings. The number of nitrogens with zero attached hydrogens (tertiary/aromatic N) is 3. The predicted octanol–water partition coefficient (Wildman–Crippen LogP) is 3.13. The maximum absolute atomic E-state index is 5.11. The fourth-order valence-electron chi connectivity index (χ4n) is 2.76. The summed E-state index contributed by atoms with van der Waals surface area (Å²) in [6.07, 6.45) is 5.34. The molecule has 1 N–H and O–H groups in total. The first kappa shape index (κ1) is 10.6. The number of H-pyrrole nitrogens is 1. The molecule has 0 aliphatic heterocycles. The fraction of sp³-hybridized carbons (Fsp3) is 0.417. The number of aromatic nitrogens is 4. The highest BCUT2D eigenvalue weighted by atomic mass is 32.1. The Morgan fingerprint density at radius 2 is 2.44 bits per heavy atom.